The third-order valence-corrected chi connectivity index (χ3v) is 3.70. The molecule has 0 unspecified atom stereocenters. The first kappa shape index (κ1) is 18.0. The first-order chi connectivity index (χ1) is 13.1. The maximum absolute atomic E-state index is 11.5. The van der Waals surface area contributed by atoms with Gasteiger partial charge in [-0.1, -0.05) is 29.3 Å². The third-order valence-electron chi connectivity index (χ3n) is 3.70. The number of aromatic nitrogens is 3. The number of carboxylic acids is 1. The molecule has 0 saturated heterocycles. The van der Waals surface area contributed by atoms with E-state index in [1.165, 1.54) is 4.68 Å². The molecule has 3 aromatic rings. The van der Waals surface area contributed by atoms with Crippen LogP contribution in [0.5, 0.6) is 17.4 Å². The molecule has 7 heteroatoms. The minimum Gasteiger partial charge on any atom is -0.497 e. The van der Waals surface area contributed by atoms with Gasteiger partial charge < -0.3 is 14.6 Å². The Morgan fingerprint density at radius 2 is 1.96 bits per heavy atom. The Labute approximate surface area is 156 Å². The van der Waals surface area contributed by atoms with Crippen molar-refractivity contribution in [3.8, 4) is 29.2 Å². The Morgan fingerprint density at radius 3 is 2.63 bits per heavy atom. The minimum absolute atomic E-state index is 0.0555. The number of carboxylic acid groups (broad SMARTS) is 1. The number of methoxy groups -OCH3 is 1. The summed E-state index contributed by atoms with van der Waals surface area (Å²) in [5, 5.41) is 17.1. The summed E-state index contributed by atoms with van der Waals surface area (Å²) in [5.41, 5.74) is 1.41. The van der Waals surface area contributed by atoms with E-state index in [2.05, 4.69) is 22.2 Å². The Balaban J connectivity index is 1.92. The predicted molar refractivity (Wildman–Crippen MR) is 98.1 cm³/mol. The molecule has 0 radical (unpaired) electrons. The second kappa shape index (κ2) is 8.06. The fourth-order valence-electron chi connectivity index (χ4n) is 2.44. The largest absolute Gasteiger partial charge is 0.497 e. The first-order valence-corrected chi connectivity index (χ1v) is 8.11. The van der Waals surface area contributed by atoms with Gasteiger partial charge in [0.15, 0.2) is 0 Å². The van der Waals surface area contributed by atoms with Crippen molar-refractivity contribution < 1.29 is 19.4 Å². The summed E-state index contributed by atoms with van der Waals surface area (Å²) in [4.78, 5) is 11.5. The molecule has 0 aliphatic heterocycles. The quantitative estimate of drug-likeness (QED) is 0.677. The highest BCUT2D eigenvalue weighted by Gasteiger charge is 2.21. The standard InChI is InChI=1S/C20H17N3O4/c1-3-5-14-6-4-7-17(12-14)27-19-18(20(24)25)21-22-23(19)13-15-8-10-16(26-2)11-9-15/h4,6-12H,13H2,1-2H3,(H,24,25). The summed E-state index contributed by atoms with van der Waals surface area (Å²) in [7, 11) is 1.59. The van der Waals surface area contributed by atoms with Crippen LogP contribution in [0.25, 0.3) is 0 Å². The van der Waals surface area contributed by atoms with Crippen molar-refractivity contribution >= 4 is 5.97 Å². The summed E-state index contributed by atoms with van der Waals surface area (Å²) in [6.07, 6.45) is 0. The van der Waals surface area contributed by atoms with E-state index in [0.717, 1.165) is 16.9 Å². The van der Waals surface area contributed by atoms with Gasteiger partial charge in [-0.2, -0.15) is 0 Å². The molecule has 7 nitrogen and oxygen atoms in total. The lowest BCUT2D eigenvalue weighted by molar-refractivity contribution is 0.0687. The molecule has 0 fully saturated rings. The van der Waals surface area contributed by atoms with Gasteiger partial charge in [0.05, 0.1) is 13.7 Å². The SMILES string of the molecule is CC#Cc1cccc(Oc2c(C(=O)O)nnn2Cc2ccc(OC)cc2)c1. The lowest BCUT2D eigenvalue weighted by atomic mass is 10.2. The van der Waals surface area contributed by atoms with Crippen LogP contribution >= 0.6 is 0 Å². The van der Waals surface area contributed by atoms with Gasteiger partial charge in [-0.05, 0) is 42.8 Å². The summed E-state index contributed by atoms with van der Waals surface area (Å²) in [6, 6.07) is 14.4. The minimum atomic E-state index is -1.21. The lowest BCUT2D eigenvalue weighted by Gasteiger charge is -2.09. The molecular formula is C20H17N3O4. The molecule has 1 N–H and O–H groups in total. The van der Waals surface area contributed by atoms with E-state index in [9.17, 15) is 9.90 Å². The van der Waals surface area contributed by atoms with Crippen LogP contribution in [0, 0.1) is 11.8 Å². The average molecular weight is 363 g/mol. The number of aromatic carboxylic acids is 1. The zero-order chi connectivity index (χ0) is 19.2. The normalized spacial score (nSPS) is 10.0. The van der Waals surface area contributed by atoms with Crippen LogP contribution < -0.4 is 9.47 Å². The van der Waals surface area contributed by atoms with Crippen molar-refractivity contribution in [1.82, 2.24) is 15.0 Å². The van der Waals surface area contributed by atoms with Crippen LogP contribution in [0.15, 0.2) is 48.5 Å². The Morgan fingerprint density at radius 1 is 1.19 bits per heavy atom. The number of ether oxygens (including phenoxy) is 2. The third kappa shape index (κ3) is 4.25. The van der Waals surface area contributed by atoms with E-state index in [1.807, 2.05) is 30.3 Å². The Hall–Kier alpha value is -3.79. The average Bonchev–Trinajstić information content (AvgIpc) is 3.05. The molecule has 0 aliphatic rings. The van der Waals surface area contributed by atoms with Gasteiger partial charge in [0, 0.05) is 5.56 Å². The van der Waals surface area contributed by atoms with E-state index in [4.69, 9.17) is 9.47 Å². The fourth-order valence-corrected chi connectivity index (χ4v) is 2.44. The topological polar surface area (TPSA) is 86.5 Å². The molecule has 3 rings (SSSR count). The van der Waals surface area contributed by atoms with Gasteiger partial charge in [0.2, 0.25) is 5.69 Å². The molecule has 0 aliphatic carbocycles. The molecule has 0 atom stereocenters. The van der Waals surface area contributed by atoms with Crippen molar-refractivity contribution in [3.63, 3.8) is 0 Å². The highest BCUT2D eigenvalue weighted by molar-refractivity contribution is 5.87. The molecule has 136 valence electrons. The maximum Gasteiger partial charge on any atom is 0.362 e. The molecule has 0 bridgehead atoms. The summed E-state index contributed by atoms with van der Waals surface area (Å²) in [5.74, 6) is 5.78. The molecule has 2 aromatic carbocycles. The predicted octanol–water partition coefficient (Wildman–Crippen LogP) is 3.20. The Bertz CT molecular complexity index is 1010. The van der Waals surface area contributed by atoms with Crippen molar-refractivity contribution in [2.24, 2.45) is 0 Å². The molecule has 0 amide bonds. The first-order valence-electron chi connectivity index (χ1n) is 8.11. The van der Waals surface area contributed by atoms with E-state index < -0.39 is 5.97 Å². The van der Waals surface area contributed by atoms with Crippen LogP contribution in [0.4, 0.5) is 0 Å². The van der Waals surface area contributed by atoms with Gasteiger partial charge in [-0.15, -0.1) is 11.0 Å². The highest BCUT2D eigenvalue weighted by atomic mass is 16.5. The van der Waals surface area contributed by atoms with E-state index in [-0.39, 0.29) is 11.6 Å². The summed E-state index contributed by atoms with van der Waals surface area (Å²) >= 11 is 0. The molecule has 1 aromatic heterocycles. The monoisotopic (exact) mass is 363 g/mol. The van der Waals surface area contributed by atoms with Crippen LogP contribution in [-0.4, -0.2) is 33.2 Å². The summed E-state index contributed by atoms with van der Waals surface area (Å²) < 4.78 is 12.4. The zero-order valence-corrected chi connectivity index (χ0v) is 14.8. The molecule has 0 saturated carbocycles. The van der Waals surface area contributed by atoms with Crippen LogP contribution in [-0.2, 0) is 6.54 Å². The van der Waals surface area contributed by atoms with Gasteiger partial charge in [0.1, 0.15) is 11.5 Å². The van der Waals surface area contributed by atoms with Gasteiger partial charge >= 0.3 is 5.97 Å². The van der Waals surface area contributed by atoms with Crippen molar-refractivity contribution in [2.45, 2.75) is 13.5 Å². The second-order valence-electron chi connectivity index (χ2n) is 5.56. The number of carbonyl (C=O) groups is 1. The van der Waals surface area contributed by atoms with E-state index >= 15 is 0 Å². The van der Waals surface area contributed by atoms with Crippen LogP contribution in [0.2, 0.25) is 0 Å². The number of nitrogens with zero attached hydrogens (tertiary/aromatic N) is 3. The Kier molecular flexibility index (Phi) is 5.38. The number of rotatable bonds is 6. The van der Waals surface area contributed by atoms with Crippen molar-refractivity contribution in [2.75, 3.05) is 7.11 Å². The number of benzene rings is 2. The second-order valence-corrected chi connectivity index (χ2v) is 5.56. The van der Waals surface area contributed by atoms with Crippen molar-refractivity contribution in [1.29, 1.82) is 0 Å². The maximum atomic E-state index is 11.5. The van der Waals surface area contributed by atoms with Crippen molar-refractivity contribution in [3.05, 3.63) is 65.4 Å². The van der Waals surface area contributed by atoms with E-state index in [0.29, 0.717) is 12.3 Å². The van der Waals surface area contributed by atoms with Crippen LogP contribution in [0.3, 0.4) is 0 Å². The van der Waals surface area contributed by atoms with Gasteiger partial charge in [-0.25, -0.2) is 9.48 Å². The summed E-state index contributed by atoms with van der Waals surface area (Å²) in [6.45, 7) is 2.04. The highest BCUT2D eigenvalue weighted by Crippen LogP contribution is 2.26. The molecule has 0 spiro atoms. The molecular weight excluding hydrogens is 346 g/mol. The molecule has 27 heavy (non-hydrogen) atoms. The number of hydrogen-bond acceptors (Lipinski definition) is 5. The van der Waals surface area contributed by atoms with E-state index in [1.54, 1.807) is 32.2 Å². The fraction of sp³-hybridized carbons (Fsp3) is 0.150. The van der Waals surface area contributed by atoms with Crippen LogP contribution in [0.1, 0.15) is 28.5 Å². The van der Waals surface area contributed by atoms with Gasteiger partial charge in [-0.3, -0.25) is 0 Å². The zero-order valence-electron chi connectivity index (χ0n) is 14.8. The smallest absolute Gasteiger partial charge is 0.362 e. The number of hydrogen-bond donors (Lipinski definition) is 1. The lowest BCUT2D eigenvalue weighted by Crippen LogP contribution is -2.06. The van der Waals surface area contributed by atoms with Gasteiger partial charge in [0.25, 0.3) is 5.88 Å². The molecule has 1 heterocycles.